The maximum Gasteiger partial charge on any atom is 0.312 e. The molecule has 3 N–H and O–H groups in total. The summed E-state index contributed by atoms with van der Waals surface area (Å²) in [6.45, 7) is -0.321. The van der Waals surface area contributed by atoms with E-state index in [1.807, 2.05) is 5.32 Å². The van der Waals surface area contributed by atoms with Gasteiger partial charge in [0.05, 0.1) is 6.54 Å². The van der Waals surface area contributed by atoms with E-state index in [0.29, 0.717) is 0 Å². The number of amides is 2. The highest BCUT2D eigenvalue weighted by Gasteiger charge is 1.97. The number of rotatable bonds is 3. The lowest BCUT2D eigenvalue weighted by Gasteiger charge is -1.92. The fourth-order valence-electron chi connectivity index (χ4n) is 0.216. The molecule has 0 aromatic carbocycles. The lowest BCUT2D eigenvalue weighted by atomic mass is 10.4. The van der Waals surface area contributed by atoms with Crippen LogP contribution in [-0.4, -0.2) is 24.6 Å². The van der Waals surface area contributed by atoms with E-state index in [2.05, 4.69) is 5.73 Å². The first-order chi connectivity index (χ1) is 4.16. The fourth-order valence-corrected chi connectivity index (χ4v) is 0.216. The molecule has 0 spiro atoms. The molecule has 0 heterocycles. The van der Waals surface area contributed by atoms with E-state index in [9.17, 15) is 14.4 Å². The summed E-state index contributed by atoms with van der Waals surface area (Å²) in [5, 5.41) is 1.95. The van der Waals surface area contributed by atoms with Crippen molar-refractivity contribution in [3.05, 3.63) is 0 Å². The smallest absolute Gasteiger partial charge is 0.312 e. The second-order valence-electron chi connectivity index (χ2n) is 1.30. The summed E-state index contributed by atoms with van der Waals surface area (Å²) in [6.07, 6.45) is 0.121. The summed E-state index contributed by atoms with van der Waals surface area (Å²) in [7, 11) is 0. The maximum atomic E-state index is 10.1. The molecule has 0 aliphatic carbocycles. The molecule has 0 unspecified atom stereocenters. The highest BCUT2D eigenvalue weighted by Crippen LogP contribution is 1.60. The predicted molar refractivity (Wildman–Crippen MR) is 28.7 cm³/mol. The maximum absolute atomic E-state index is 10.1. The van der Waals surface area contributed by atoms with Gasteiger partial charge in [-0.3, -0.25) is 9.59 Å². The summed E-state index contributed by atoms with van der Waals surface area (Å²) < 4.78 is 0. The third kappa shape index (κ3) is 4.46. The molecule has 0 saturated carbocycles. The lowest BCUT2D eigenvalue weighted by Crippen LogP contribution is -2.34. The van der Waals surface area contributed by atoms with E-state index in [-0.39, 0.29) is 12.8 Å². The Hall–Kier alpha value is -1.39. The van der Waals surface area contributed by atoms with Crippen LogP contribution in [0.5, 0.6) is 0 Å². The number of carbonyl (C=O) groups excluding carboxylic acids is 3. The number of aldehydes is 1. The van der Waals surface area contributed by atoms with Crippen molar-refractivity contribution in [2.45, 2.75) is 0 Å². The van der Waals surface area contributed by atoms with Crippen LogP contribution in [0.1, 0.15) is 0 Å². The van der Waals surface area contributed by atoms with Crippen molar-refractivity contribution in [1.82, 2.24) is 5.32 Å². The topological polar surface area (TPSA) is 89.3 Å². The Labute approximate surface area is 51.2 Å². The number of primary amides is 1. The monoisotopic (exact) mass is 130 g/mol. The van der Waals surface area contributed by atoms with Crippen LogP contribution in [0.2, 0.25) is 0 Å². The molecule has 0 bridgehead atoms. The Morgan fingerprint density at radius 3 is 2.44 bits per heavy atom. The molecule has 0 fully saturated rings. The highest BCUT2D eigenvalue weighted by molar-refractivity contribution is 6.26. The number of nitrogens with two attached hydrogens (primary N) is 1. The van der Waals surface area contributed by atoms with Gasteiger partial charge in [-0.2, -0.15) is 0 Å². The van der Waals surface area contributed by atoms with Gasteiger partial charge in [-0.15, -0.1) is 0 Å². The van der Waals surface area contributed by atoms with Gasteiger partial charge in [0.2, 0.25) is 5.78 Å². The van der Waals surface area contributed by atoms with E-state index >= 15 is 0 Å². The minimum atomic E-state index is -0.815. The normalized spacial score (nSPS) is 8.00. The molecule has 5 heteroatoms. The zero-order valence-corrected chi connectivity index (χ0v) is 4.59. The second-order valence-corrected chi connectivity index (χ2v) is 1.30. The number of ketones is 1. The van der Waals surface area contributed by atoms with Crippen LogP contribution in [0, 0.1) is 0 Å². The molecule has 5 nitrogen and oxygen atoms in total. The van der Waals surface area contributed by atoms with Crippen LogP contribution in [-0.2, 0) is 9.59 Å². The molecule has 9 heavy (non-hydrogen) atoms. The minimum absolute atomic E-state index is 0.121. The summed E-state index contributed by atoms with van der Waals surface area (Å²) in [4.78, 5) is 29.5. The Balaban J connectivity index is 3.39. The van der Waals surface area contributed by atoms with Crippen molar-refractivity contribution in [1.29, 1.82) is 0 Å². The van der Waals surface area contributed by atoms with Gasteiger partial charge in [0.1, 0.15) is 0 Å². The molecular formula is C4H6N2O3. The Bertz CT molecular complexity index is 143. The third-order valence-corrected chi connectivity index (χ3v) is 0.568. The average Bonchev–Trinajstić information content (AvgIpc) is 1.83. The van der Waals surface area contributed by atoms with Crippen molar-refractivity contribution in [3.8, 4) is 0 Å². The fraction of sp³-hybridized carbons (Fsp3) is 0.250. The van der Waals surface area contributed by atoms with Crippen LogP contribution in [0.25, 0.3) is 0 Å². The van der Waals surface area contributed by atoms with Gasteiger partial charge < -0.3 is 11.1 Å². The molecule has 0 aliphatic rings. The summed E-state index contributed by atoms with van der Waals surface area (Å²) >= 11 is 0. The summed E-state index contributed by atoms with van der Waals surface area (Å²) in [5.74, 6) is -0.700. The van der Waals surface area contributed by atoms with E-state index in [1.54, 1.807) is 0 Å². The molecule has 0 radical (unpaired) electrons. The van der Waals surface area contributed by atoms with Gasteiger partial charge in [0.15, 0.2) is 6.29 Å². The number of nitrogens with one attached hydrogen (secondary N) is 1. The quantitative estimate of drug-likeness (QED) is 0.357. The zero-order chi connectivity index (χ0) is 7.28. The van der Waals surface area contributed by atoms with E-state index < -0.39 is 11.8 Å². The average molecular weight is 130 g/mol. The SMILES string of the molecule is NC(=O)NCC(=O)C=O. The molecule has 0 saturated heterocycles. The van der Waals surface area contributed by atoms with Crippen LogP contribution < -0.4 is 11.1 Å². The number of Topliss-reactive ketones (excluding diaryl/α,β-unsaturated/α-hetero) is 1. The van der Waals surface area contributed by atoms with Gasteiger partial charge in [0.25, 0.3) is 0 Å². The first-order valence-corrected chi connectivity index (χ1v) is 2.18. The van der Waals surface area contributed by atoms with Crippen LogP contribution in [0.4, 0.5) is 4.79 Å². The van der Waals surface area contributed by atoms with Crippen molar-refractivity contribution >= 4 is 18.1 Å². The van der Waals surface area contributed by atoms with Gasteiger partial charge in [-0.05, 0) is 0 Å². The first-order valence-electron chi connectivity index (χ1n) is 2.18. The van der Waals surface area contributed by atoms with Crippen molar-refractivity contribution in [2.75, 3.05) is 6.54 Å². The molecule has 0 aliphatic heterocycles. The zero-order valence-electron chi connectivity index (χ0n) is 4.59. The molecule has 0 atom stereocenters. The second kappa shape index (κ2) is 3.59. The predicted octanol–water partition coefficient (Wildman–Crippen LogP) is -1.58. The standard InChI is InChI=1S/C4H6N2O3/c5-4(9)6-1-3(8)2-7/h2H,1H2,(H3,5,6,9). The molecule has 2 amide bonds. The summed E-state index contributed by atoms with van der Waals surface area (Å²) in [6, 6.07) is -0.815. The Kier molecular flexibility index (Phi) is 3.04. The van der Waals surface area contributed by atoms with Crippen molar-refractivity contribution in [2.24, 2.45) is 5.73 Å². The summed E-state index contributed by atoms with van der Waals surface area (Å²) in [5.41, 5.74) is 4.58. The molecule has 0 aromatic rings. The van der Waals surface area contributed by atoms with E-state index in [4.69, 9.17) is 0 Å². The Morgan fingerprint density at radius 2 is 2.11 bits per heavy atom. The Morgan fingerprint density at radius 1 is 1.56 bits per heavy atom. The van der Waals surface area contributed by atoms with E-state index in [0.717, 1.165) is 0 Å². The number of hydrogen-bond acceptors (Lipinski definition) is 3. The third-order valence-electron chi connectivity index (χ3n) is 0.568. The van der Waals surface area contributed by atoms with E-state index in [1.165, 1.54) is 0 Å². The van der Waals surface area contributed by atoms with Crippen LogP contribution in [0.3, 0.4) is 0 Å². The highest BCUT2D eigenvalue weighted by atomic mass is 16.2. The van der Waals surface area contributed by atoms with Gasteiger partial charge in [-0.1, -0.05) is 0 Å². The minimum Gasteiger partial charge on any atom is -0.352 e. The van der Waals surface area contributed by atoms with Crippen molar-refractivity contribution in [3.63, 3.8) is 0 Å². The van der Waals surface area contributed by atoms with Crippen LogP contribution >= 0.6 is 0 Å². The molecule has 0 aromatic heterocycles. The van der Waals surface area contributed by atoms with Gasteiger partial charge >= 0.3 is 6.03 Å². The first kappa shape index (κ1) is 7.61. The number of urea groups is 1. The molecular weight excluding hydrogens is 124 g/mol. The number of carbonyl (C=O) groups is 3. The molecule has 0 rings (SSSR count). The van der Waals surface area contributed by atoms with Gasteiger partial charge in [-0.25, -0.2) is 4.79 Å². The molecule has 50 valence electrons. The van der Waals surface area contributed by atoms with Gasteiger partial charge in [0, 0.05) is 0 Å². The largest absolute Gasteiger partial charge is 0.352 e. The van der Waals surface area contributed by atoms with Crippen LogP contribution in [0.15, 0.2) is 0 Å². The number of hydrogen-bond donors (Lipinski definition) is 2. The van der Waals surface area contributed by atoms with Crippen molar-refractivity contribution < 1.29 is 14.4 Å². The lowest BCUT2D eigenvalue weighted by molar-refractivity contribution is -0.129.